The van der Waals surface area contributed by atoms with Gasteiger partial charge in [-0.1, -0.05) is 19.8 Å². The maximum atomic E-state index is 9.93. The molecule has 0 aromatic rings. The van der Waals surface area contributed by atoms with Crippen molar-refractivity contribution in [3.8, 4) is 0 Å². The normalized spacial score (nSPS) is 32.6. The Morgan fingerprint density at radius 1 is 1.31 bits per heavy atom. The Kier molecular flexibility index (Phi) is 4.62. The monoisotopic (exact) mass is 226 g/mol. The molecule has 94 valence electrons. The summed E-state index contributed by atoms with van der Waals surface area (Å²) >= 11 is 0. The number of β-amino-alcohol motifs (C(OH)–C–C–N with tert-alkyl or cyclic N) is 1. The van der Waals surface area contributed by atoms with Crippen molar-refractivity contribution in [2.75, 3.05) is 26.2 Å². The van der Waals surface area contributed by atoms with Crippen LogP contribution in [0.5, 0.6) is 0 Å². The van der Waals surface area contributed by atoms with Gasteiger partial charge in [-0.3, -0.25) is 4.90 Å². The molecule has 0 amide bonds. The molecule has 1 heterocycles. The lowest BCUT2D eigenvalue weighted by Gasteiger charge is -2.32. The molecule has 3 unspecified atom stereocenters. The van der Waals surface area contributed by atoms with Gasteiger partial charge in [0.05, 0.1) is 6.10 Å². The average Bonchev–Trinajstić information content (AvgIpc) is 2.70. The summed E-state index contributed by atoms with van der Waals surface area (Å²) < 4.78 is 0. The molecule has 0 aromatic carbocycles. The van der Waals surface area contributed by atoms with Crippen molar-refractivity contribution in [1.82, 2.24) is 10.2 Å². The van der Waals surface area contributed by atoms with E-state index < -0.39 is 0 Å². The smallest absolute Gasteiger partial charge is 0.0791 e. The Labute approximate surface area is 99.2 Å². The van der Waals surface area contributed by atoms with Crippen LogP contribution in [0.25, 0.3) is 0 Å². The maximum Gasteiger partial charge on any atom is 0.0791 e. The fraction of sp³-hybridized carbons (Fsp3) is 1.00. The van der Waals surface area contributed by atoms with Crippen molar-refractivity contribution in [2.24, 2.45) is 5.92 Å². The summed E-state index contributed by atoms with van der Waals surface area (Å²) in [6.07, 6.45) is 6.76. The Hall–Kier alpha value is -0.120. The van der Waals surface area contributed by atoms with E-state index in [2.05, 4.69) is 17.1 Å². The molecule has 2 rings (SSSR count). The number of hydrogen-bond donors (Lipinski definition) is 2. The molecule has 0 bridgehead atoms. The van der Waals surface area contributed by atoms with Crippen LogP contribution in [0.15, 0.2) is 0 Å². The van der Waals surface area contributed by atoms with E-state index in [4.69, 9.17) is 0 Å². The summed E-state index contributed by atoms with van der Waals surface area (Å²) in [4.78, 5) is 2.53. The van der Waals surface area contributed by atoms with E-state index in [0.717, 1.165) is 31.6 Å². The zero-order valence-corrected chi connectivity index (χ0v) is 10.5. The van der Waals surface area contributed by atoms with Crippen LogP contribution in [0.2, 0.25) is 0 Å². The lowest BCUT2D eigenvalue weighted by atomic mass is 9.85. The largest absolute Gasteiger partial charge is 0.390 e. The standard InChI is InChI=1S/C13H26N2O/c1-2-14-9-12(16)10-15-8-7-11-5-3-4-6-13(11)15/h11-14,16H,2-10H2,1H3. The first-order chi connectivity index (χ1) is 7.81. The molecule has 0 aromatic heterocycles. The fourth-order valence-electron chi connectivity index (χ4n) is 3.38. The Bertz CT molecular complexity index is 210. The van der Waals surface area contributed by atoms with Crippen molar-refractivity contribution >= 4 is 0 Å². The van der Waals surface area contributed by atoms with Crippen LogP contribution in [0.3, 0.4) is 0 Å². The van der Waals surface area contributed by atoms with E-state index in [0.29, 0.717) is 0 Å². The quantitative estimate of drug-likeness (QED) is 0.740. The van der Waals surface area contributed by atoms with Crippen molar-refractivity contribution in [3.05, 3.63) is 0 Å². The molecule has 2 aliphatic rings. The van der Waals surface area contributed by atoms with Crippen molar-refractivity contribution in [1.29, 1.82) is 0 Å². The topological polar surface area (TPSA) is 35.5 Å². The fourth-order valence-corrected chi connectivity index (χ4v) is 3.38. The summed E-state index contributed by atoms with van der Waals surface area (Å²) in [5, 5.41) is 13.1. The predicted octanol–water partition coefficient (Wildman–Crippen LogP) is 1.22. The number of fused-ring (bicyclic) bond motifs is 1. The number of aliphatic hydroxyl groups excluding tert-OH is 1. The summed E-state index contributed by atoms with van der Waals surface area (Å²) in [5.74, 6) is 0.931. The summed E-state index contributed by atoms with van der Waals surface area (Å²) in [7, 11) is 0. The summed E-state index contributed by atoms with van der Waals surface area (Å²) in [5.41, 5.74) is 0. The zero-order chi connectivity index (χ0) is 11.4. The predicted molar refractivity (Wildman–Crippen MR) is 66.5 cm³/mol. The minimum Gasteiger partial charge on any atom is -0.390 e. The van der Waals surface area contributed by atoms with E-state index in [1.807, 2.05) is 0 Å². The number of nitrogens with zero attached hydrogens (tertiary/aromatic N) is 1. The highest BCUT2D eigenvalue weighted by molar-refractivity contribution is 4.90. The summed E-state index contributed by atoms with van der Waals surface area (Å²) in [6.45, 7) is 5.85. The molecule has 1 saturated carbocycles. The van der Waals surface area contributed by atoms with Crippen LogP contribution >= 0.6 is 0 Å². The van der Waals surface area contributed by atoms with Gasteiger partial charge in [0.15, 0.2) is 0 Å². The number of likely N-dealkylation sites (N-methyl/N-ethyl adjacent to an activating group) is 1. The van der Waals surface area contributed by atoms with Gasteiger partial charge in [0.2, 0.25) is 0 Å². The molecule has 1 saturated heterocycles. The first-order valence-corrected chi connectivity index (χ1v) is 6.94. The van der Waals surface area contributed by atoms with Crippen LogP contribution in [-0.4, -0.2) is 48.3 Å². The molecule has 0 radical (unpaired) electrons. The van der Waals surface area contributed by atoms with Gasteiger partial charge < -0.3 is 10.4 Å². The minimum absolute atomic E-state index is 0.194. The SMILES string of the molecule is CCNCC(O)CN1CCC2CCCCC21. The lowest BCUT2D eigenvalue weighted by molar-refractivity contribution is 0.0890. The van der Waals surface area contributed by atoms with Gasteiger partial charge in [0.25, 0.3) is 0 Å². The molecular weight excluding hydrogens is 200 g/mol. The van der Waals surface area contributed by atoms with E-state index in [1.54, 1.807) is 0 Å². The molecule has 1 aliphatic heterocycles. The third-order valence-electron chi connectivity index (χ3n) is 4.20. The first kappa shape index (κ1) is 12.3. The molecular formula is C13H26N2O. The van der Waals surface area contributed by atoms with Gasteiger partial charge in [-0.25, -0.2) is 0 Å². The van der Waals surface area contributed by atoms with E-state index >= 15 is 0 Å². The van der Waals surface area contributed by atoms with Crippen LogP contribution in [0.4, 0.5) is 0 Å². The van der Waals surface area contributed by atoms with Crippen molar-refractivity contribution in [3.63, 3.8) is 0 Å². The van der Waals surface area contributed by atoms with Crippen molar-refractivity contribution in [2.45, 2.75) is 51.2 Å². The molecule has 1 aliphatic carbocycles. The van der Waals surface area contributed by atoms with Gasteiger partial charge in [-0.2, -0.15) is 0 Å². The molecule has 3 heteroatoms. The number of rotatable bonds is 5. The maximum absolute atomic E-state index is 9.93. The van der Waals surface area contributed by atoms with Gasteiger partial charge in [0, 0.05) is 19.1 Å². The van der Waals surface area contributed by atoms with Gasteiger partial charge >= 0.3 is 0 Å². The molecule has 3 atom stereocenters. The van der Waals surface area contributed by atoms with Gasteiger partial charge in [-0.05, 0) is 38.3 Å². The number of hydrogen-bond acceptors (Lipinski definition) is 3. The lowest BCUT2D eigenvalue weighted by Crippen LogP contribution is -2.42. The second-order valence-corrected chi connectivity index (χ2v) is 5.36. The van der Waals surface area contributed by atoms with Crippen LogP contribution in [0.1, 0.15) is 39.0 Å². The van der Waals surface area contributed by atoms with Gasteiger partial charge in [0.1, 0.15) is 0 Å². The van der Waals surface area contributed by atoms with Crippen LogP contribution in [0, 0.1) is 5.92 Å². The minimum atomic E-state index is -0.194. The number of aliphatic hydroxyl groups is 1. The van der Waals surface area contributed by atoms with Crippen molar-refractivity contribution < 1.29 is 5.11 Å². The second kappa shape index (κ2) is 5.99. The molecule has 2 fully saturated rings. The Balaban J connectivity index is 1.76. The Morgan fingerprint density at radius 3 is 2.94 bits per heavy atom. The number of likely N-dealkylation sites (tertiary alicyclic amines) is 1. The van der Waals surface area contributed by atoms with Crippen LogP contribution < -0.4 is 5.32 Å². The Morgan fingerprint density at radius 2 is 2.12 bits per heavy atom. The third-order valence-corrected chi connectivity index (χ3v) is 4.20. The second-order valence-electron chi connectivity index (χ2n) is 5.36. The highest BCUT2D eigenvalue weighted by atomic mass is 16.3. The molecule has 2 N–H and O–H groups in total. The number of nitrogens with one attached hydrogen (secondary N) is 1. The molecule has 3 nitrogen and oxygen atoms in total. The van der Waals surface area contributed by atoms with Gasteiger partial charge in [-0.15, -0.1) is 0 Å². The summed E-state index contributed by atoms with van der Waals surface area (Å²) in [6, 6.07) is 0.782. The van der Waals surface area contributed by atoms with E-state index in [1.165, 1.54) is 38.6 Å². The van der Waals surface area contributed by atoms with E-state index in [-0.39, 0.29) is 6.10 Å². The zero-order valence-electron chi connectivity index (χ0n) is 10.5. The third kappa shape index (κ3) is 2.96. The molecule has 16 heavy (non-hydrogen) atoms. The highest BCUT2D eigenvalue weighted by Gasteiger charge is 2.35. The highest BCUT2D eigenvalue weighted by Crippen LogP contribution is 2.35. The molecule has 0 spiro atoms. The first-order valence-electron chi connectivity index (χ1n) is 6.94. The van der Waals surface area contributed by atoms with E-state index in [9.17, 15) is 5.11 Å². The van der Waals surface area contributed by atoms with Crippen LogP contribution in [-0.2, 0) is 0 Å². The average molecular weight is 226 g/mol.